The number of nitrogens with zero attached hydrogens (tertiary/aromatic N) is 2. The van der Waals surface area contributed by atoms with Gasteiger partial charge in [-0.15, -0.1) is 0 Å². The van der Waals surface area contributed by atoms with Crippen LogP contribution in [0.4, 0.5) is 11.4 Å². The second-order valence-corrected chi connectivity index (χ2v) is 9.64. The number of amides is 2. The van der Waals surface area contributed by atoms with Crippen LogP contribution in [-0.2, 0) is 14.4 Å². The Morgan fingerprint density at radius 2 is 1.59 bits per heavy atom. The van der Waals surface area contributed by atoms with Crippen LogP contribution in [-0.4, -0.2) is 36.8 Å². The third kappa shape index (κ3) is 2.82. The summed E-state index contributed by atoms with van der Waals surface area (Å²) in [5.41, 5.74) is 1.73. The van der Waals surface area contributed by atoms with Crippen LogP contribution in [0.25, 0.3) is 6.08 Å². The van der Waals surface area contributed by atoms with E-state index in [2.05, 4.69) is 0 Å². The number of imide groups is 1. The summed E-state index contributed by atoms with van der Waals surface area (Å²) in [5, 5.41) is 0. The molecule has 3 aliphatic rings. The Kier molecular flexibility index (Phi) is 4.52. The zero-order valence-corrected chi connectivity index (χ0v) is 18.6. The van der Waals surface area contributed by atoms with Gasteiger partial charge in [0, 0.05) is 11.1 Å². The van der Waals surface area contributed by atoms with E-state index in [1.54, 1.807) is 31.4 Å². The maximum atomic E-state index is 13.7. The molecule has 6 nitrogen and oxygen atoms in total. The van der Waals surface area contributed by atoms with Gasteiger partial charge in [0.15, 0.2) is 5.78 Å². The second-order valence-electron chi connectivity index (χ2n) is 9.64. The molecule has 2 aromatic carbocycles. The maximum absolute atomic E-state index is 13.7. The van der Waals surface area contributed by atoms with Gasteiger partial charge < -0.3 is 9.64 Å². The summed E-state index contributed by atoms with van der Waals surface area (Å²) in [6.45, 7) is 5.60. The van der Waals surface area contributed by atoms with Crippen LogP contribution in [0.2, 0.25) is 0 Å². The van der Waals surface area contributed by atoms with E-state index in [1.165, 1.54) is 4.90 Å². The van der Waals surface area contributed by atoms with E-state index in [9.17, 15) is 14.4 Å². The molecular formula is C26H26N2O4. The molecule has 3 heterocycles. The van der Waals surface area contributed by atoms with Crippen molar-refractivity contribution in [1.29, 1.82) is 0 Å². The number of carbonyl (C=O) groups is 3. The summed E-state index contributed by atoms with van der Waals surface area (Å²) in [5.74, 6) is -1.28. The Hall–Kier alpha value is -3.41. The molecule has 2 saturated heterocycles. The van der Waals surface area contributed by atoms with Gasteiger partial charge >= 0.3 is 0 Å². The van der Waals surface area contributed by atoms with Crippen LogP contribution >= 0.6 is 0 Å². The van der Waals surface area contributed by atoms with Gasteiger partial charge in [-0.3, -0.25) is 14.4 Å². The number of para-hydroxylation sites is 1. The highest BCUT2D eigenvalue weighted by atomic mass is 16.5. The Labute approximate surface area is 187 Å². The van der Waals surface area contributed by atoms with Crippen molar-refractivity contribution in [1.82, 2.24) is 0 Å². The van der Waals surface area contributed by atoms with Gasteiger partial charge in [0.1, 0.15) is 11.8 Å². The number of carbonyl (C=O) groups excluding carboxylic acids is 3. The smallest absolute Gasteiger partial charge is 0.240 e. The molecule has 2 aromatic rings. The molecule has 0 spiro atoms. The number of benzene rings is 2. The molecule has 3 aliphatic heterocycles. The van der Waals surface area contributed by atoms with Crippen molar-refractivity contribution < 1.29 is 19.1 Å². The lowest BCUT2D eigenvalue weighted by molar-refractivity contribution is -0.132. The number of ketones is 1. The van der Waals surface area contributed by atoms with Crippen LogP contribution in [0.5, 0.6) is 5.75 Å². The zero-order valence-electron chi connectivity index (χ0n) is 18.6. The second kappa shape index (κ2) is 7.05. The third-order valence-corrected chi connectivity index (χ3v) is 6.75. The first-order valence-electron chi connectivity index (χ1n) is 10.9. The number of Topliss-reactive ketones (excluding diaryl/α,β-unsaturated/α-hetero) is 1. The van der Waals surface area contributed by atoms with E-state index in [0.29, 0.717) is 11.4 Å². The Morgan fingerprint density at radius 1 is 0.938 bits per heavy atom. The molecule has 0 N–H and O–H groups in total. The average Bonchev–Trinajstić information content (AvgIpc) is 3.25. The summed E-state index contributed by atoms with van der Waals surface area (Å²) in [7, 11) is 1.57. The molecule has 6 heteroatoms. The topological polar surface area (TPSA) is 66.9 Å². The van der Waals surface area contributed by atoms with Crippen LogP contribution in [0, 0.1) is 17.3 Å². The highest BCUT2D eigenvalue weighted by Gasteiger charge is 2.64. The first-order valence-corrected chi connectivity index (χ1v) is 10.9. The lowest BCUT2D eigenvalue weighted by atomic mass is 9.79. The fourth-order valence-corrected chi connectivity index (χ4v) is 5.24. The molecule has 0 aliphatic carbocycles. The van der Waals surface area contributed by atoms with Crippen molar-refractivity contribution in [3.8, 4) is 5.75 Å². The van der Waals surface area contributed by atoms with E-state index >= 15 is 0 Å². The number of hydrogen-bond acceptors (Lipinski definition) is 5. The number of anilines is 2. The van der Waals surface area contributed by atoms with E-state index in [-0.39, 0.29) is 23.6 Å². The first kappa shape index (κ1) is 20.5. The van der Waals surface area contributed by atoms with Crippen molar-refractivity contribution in [2.24, 2.45) is 17.3 Å². The maximum Gasteiger partial charge on any atom is 0.240 e. The van der Waals surface area contributed by atoms with Gasteiger partial charge in [0.05, 0.1) is 30.7 Å². The molecular weight excluding hydrogens is 404 g/mol. The molecule has 5 rings (SSSR count). The largest absolute Gasteiger partial charge is 0.497 e. The van der Waals surface area contributed by atoms with E-state index in [1.807, 2.05) is 62.1 Å². The summed E-state index contributed by atoms with van der Waals surface area (Å²) in [4.78, 5) is 44.3. The number of rotatable bonds is 3. The van der Waals surface area contributed by atoms with Crippen LogP contribution in [0.3, 0.4) is 0 Å². The zero-order chi connectivity index (χ0) is 22.8. The standard InChI is InChI=1S/C26H26N2O4/c1-26(2,3)23(29)22-21-20(19-14-9-15-7-5-6-8-18(15)28(19)22)24(30)27(25(21)31)16-10-12-17(32-4)13-11-16/h5-14,19-22H,1-4H3/t19-,20+,21+,22-/m1/s1. The summed E-state index contributed by atoms with van der Waals surface area (Å²) in [6.07, 6.45) is 3.96. The normalized spacial score (nSPS) is 26.1. The number of methoxy groups -OCH3 is 1. The van der Waals surface area contributed by atoms with E-state index < -0.39 is 23.3 Å². The molecule has 164 valence electrons. The lowest BCUT2D eigenvalue weighted by Gasteiger charge is -2.38. The van der Waals surface area contributed by atoms with Crippen molar-refractivity contribution in [3.05, 3.63) is 60.2 Å². The van der Waals surface area contributed by atoms with Gasteiger partial charge in [-0.25, -0.2) is 4.90 Å². The van der Waals surface area contributed by atoms with E-state index in [0.717, 1.165) is 11.3 Å². The molecule has 32 heavy (non-hydrogen) atoms. The van der Waals surface area contributed by atoms with Crippen molar-refractivity contribution in [2.45, 2.75) is 32.9 Å². The Bertz CT molecular complexity index is 1150. The Morgan fingerprint density at radius 3 is 2.25 bits per heavy atom. The van der Waals surface area contributed by atoms with Gasteiger partial charge in [-0.1, -0.05) is 51.1 Å². The summed E-state index contributed by atoms with van der Waals surface area (Å²) < 4.78 is 5.20. The van der Waals surface area contributed by atoms with Crippen molar-refractivity contribution in [3.63, 3.8) is 0 Å². The first-order chi connectivity index (χ1) is 15.2. The minimum atomic E-state index is -0.725. The van der Waals surface area contributed by atoms with Gasteiger partial charge in [-0.2, -0.15) is 0 Å². The monoisotopic (exact) mass is 430 g/mol. The molecule has 0 unspecified atom stereocenters. The molecule has 2 amide bonds. The van der Waals surface area contributed by atoms with Crippen LogP contribution in [0.1, 0.15) is 26.3 Å². The predicted molar refractivity (Wildman–Crippen MR) is 122 cm³/mol. The lowest BCUT2D eigenvalue weighted by Crippen LogP contribution is -2.51. The Balaban J connectivity index is 1.62. The average molecular weight is 431 g/mol. The van der Waals surface area contributed by atoms with Crippen LogP contribution < -0.4 is 14.5 Å². The van der Waals surface area contributed by atoms with E-state index in [4.69, 9.17) is 4.74 Å². The minimum Gasteiger partial charge on any atom is -0.497 e. The molecule has 0 saturated carbocycles. The fourth-order valence-electron chi connectivity index (χ4n) is 5.24. The van der Waals surface area contributed by atoms with Gasteiger partial charge in [0.2, 0.25) is 11.8 Å². The number of hydrogen-bond donors (Lipinski definition) is 0. The molecule has 0 bridgehead atoms. The quantitative estimate of drug-likeness (QED) is 0.695. The third-order valence-electron chi connectivity index (χ3n) is 6.75. The van der Waals surface area contributed by atoms with Crippen LogP contribution in [0.15, 0.2) is 54.6 Å². The van der Waals surface area contributed by atoms with Crippen molar-refractivity contribution in [2.75, 3.05) is 16.9 Å². The SMILES string of the molecule is COc1ccc(N2C(=O)[C@@H]3[C@H](C2=O)[C@H](C(=O)C(C)(C)C)N2c4ccccc4C=C[C@H]32)cc1. The number of fused-ring (bicyclic) bond motifs is 5. The predicted octanol–water partition coefficient (Wildman–Crippen LogP) is 3.70. The van der Waals surface area contributed by atoms with Gasteiger partial charge in [0.25, 0.3) is 0 Å². The fraction of sp³-hybridized carbons (Fsp3) is 0.346. The van der Waals surface area contributed by atoms with Crippen molar-refractivity contribution >= 4 is 35.0 Å². The van der Waals surface area contributed by atoms with Gasteiger partial charge in [-0.05, 0) is 35.9 Å². The molecule has 2 fully saturated rings. The molecule has 4 atom stereocenters. The highest BCUT2D eigenvalue weighted by Crippen LogP contribution is 2.50. The summed E-state index contributed by atoms with van der Waals surface area (Å²) >= 11 is 0. The number of ether oxygens (including phenoxy) is 1. The minimum absolute atomic E-state index is 0.0298. The molecule has 0 radical (unpaired) electrons. The molecule has 0 aromatic heterocycles. The summed E-state index contributed by atoms with van der Waals surface area (Å²) in [6, 6.07) is 13.7. The highest BCUT2D eigenvalue weighted by molar-refractivity contribution is 6.25.